The summed E-state index contributed by atoms with van der Waals surface area (Å²) in [6.07, 6.45) is 5.66. The van der Waals surface area contributed by atoms with Crippen molar-refractivity contribution in [1.29, 1.82) is 0 Å². The highest BCUT2D eigenvalue weighted by Crippen LogP contribution is 2.10. The molecule has 1 aromatic heterocycles. The molecular formula is C13H19N3O. The third kappa shape index (κ3) is 3.53. The van der Waals surface area contributed by atoms with Crippen LogP contribution in [0.1, 0.15) is 28.8 Å². The highest BCUT2D eigenvalue weighted by atomic mass is 16.1. The van der Waals surface area contributed by atoms with Crippen LogP contribution in [0.5, 0.6) is 0 Å². The summed E-state index contributed by atoms with van der Waals surface area (Å²) in [4.78, 5) is 15.9. The van der Waals surface area contributed by atoms with Crippen molar-refractivity contribution in [3.8, 4) is 0 Å². The number of piperidine rings is 1. The molecule has 1 aromatic rings. The summed E-state index contributed by atoms with van der Waals surface area (Å²) < 4.78 is 0. The number of aryl methyl sites for hydroxylation is 1. The molecule has 0 atom stereocenters. The Balaban J connectivity index is 1.84. The Hall–Kier alpha value is -1.42. The van der Waals surface area contributed by atoms with E-state index in [1.165, 1.54) is 0 Å². The molecule has 2 rings (SSSR count). The Morgan fingerprint density at radius 1 is 1.47 bits per heavy atom. The summed E-state index contributed by atoms with van der Waals surface area (Å²) in [7, 11) is 0. The van der Waals surface area contributed by atoms with Crippen molar-refractivity contribution in [3.05, 3.63) is 29.6 Å². The van der Waals surface area contributed by atoms with Gasteiger partial charge in [0, 0.05) is 18.9 Å². The number of rotatable bonds is 3. The Labute approximate surface area is 102 Å². The van der Waals surface area contributed by atoms with Gasteiger partial charge >= 0.3 is 0 Å². The largest absolute Gasteiger partial charge is 0.352 e. The van der Waals surface area contributed by atoms with Crippen molar-refractivity contribution >= 4 is 5.91 Å². The highest BCUT2D eigenvalue weighted by Gasteiger charge is 2.14. The first-order valence-corrected chi connectivity index (χ1v) is 6.16. The molecule has 1 aliphatic heterocycles. The Bertz CT molecular complexity index is 386. The molecule has 4 nitrogen and oxygen atoms in total. The van der Waals surface area contributed by atoms with E-state index in [4.69, 9.17) is 0 Å². The molecular weight excluding hydrogens is 214 g/mol. The fourth-order valence-corrected chi connectivity index (χ4v) is 2.10. The average molecular weight is 233 g/mol. The van der Waals surface area contributed by atoms with Crippen molar-refractivity contribution in [1.82, 2.24) is 15.6 Å². The zero-order valence-corrected chi connectivity index (χ0v) is 10.2. The second kappa shape index (κ2) is 5.77. The van der Waals surface area contributed by atoms with Crippen molar-refractivity contribution in [3.63, 3.8) is 0 Å². The lowest BCUT2D eigenvalue weighted by atomic mass is 9.98. The Morgan fingerprint density at radius 2 is 2.24 bits per heavy atom. The van der Waals surface area contributed by atoms with E-state index in [9.17, 15) is 4.79 Å². The van der Waals surface area contributed by atoms with Gasteiger partial charge in [0.25, 0.3) is 5.91 Å². The molecule has 2 N–H and O–H groups in total. The van der Waals surface area contributed by atoms with Gasteiger partial charge < -0.3 is 10.6 Å². The van der Waals surface area contributed by atoms with Gasteiger partial charge in [-0.3, -0.25) is 9.78 Å². The summed E-state index contributed by atoms with van der Waals surface area (Å²) in [6, 6.07) is 1.87. The molecule has 4 heteroatoms. The second-order valence-corrected chi connectivity index (χ2v) is 4.65. The van der Waals surface area contributed by atoms with Crippen LogP contribution >= 0.6 is 0 Å². The summed E-state index contributed by atoms with van der Waals surface area (Å²) in [5.74, 6) is 0.595. The first kappa shape index (κ1) is 12.0. The highest BCUT2D eigenvalue weighted by molar-refractivity contribution is 5.93. The molecule has 0 aliphatic carbocycles. The van der Waals surface area contributed by atoms with E-state index in [-0.39, 0.29) is 5.91 Å². The first-order chi connectivity index (χ1) is 8.25. The van der Waals surface area contributed by atoms with Crippen LogP contribution < -0.4 is 10.6 Å². The van der Waals surface area contributed by atoms with Gasteiger partial charge in [0.05, 0.1) is 5.56 Å². The average Bonchev–Trinajstić information content (AvgIpc) is 2.37. The van der Waals surface area contributed by atoms with Crippen LogP contribution in [0.3, 0.4) is 0 Å². The van der Waals surface area contributed by atoms with E-state index in [2.05, 4.69) is 15.6 Å². The molecule has 0 aromatic carbocycles. The quantitative estimate of drug-likeness (QED) is 0.822. The number of hydrogen-bond donors (Lipinski definition) is 2. The zero-order valence-electron chi connectivity index (χ0n) is 10.2. The smallest absolute Gasteiger partial charge is 0.252 e. The fourth-order valence-electron chi connectivity index (χ4n) is 2.10. The fraction of sp³-hybridized carbons (Fsp3) is 0.538. The maximum atomic E-state index is 11.9. The topological polar surface area (TPSA) is 54.0 Å². The summed E-state index contributed by atoms with van der Waals surface area (Å²) in [5, 5.41) is 6.31. The molecule has 1 saturated heterocycles. The van der Waals surface area contributed by atoms with E-state index in [0.29, 0.717) is 11.5 Å². The maximum Gasteiger partial charge on any atom is 0.252 e. The third-order valence-corrected chi connectivity index (χ3v) is 3.15. The van der Waals surface area contributed by atoms with Gasteiger partial charge in [-0.25, -0.2) is 0 Å². The minimum absolute atomic E-state index is 0.0141. The third-order valence-electron chi connectivity index (χ3n) is 3.15. The van der Waals surface area contributed by atoms with E-state index in [1.807, 2.05) is 13.0 Å². The summed E-state index contributed by atoms with van der Waals surface area (Å²) in [6.45, 7) is 4.84. The van der Waals surface area contributed by atoms with Gasteiger partial charge in [0.1, 0.15) is 0 Å². The molecule has 0 saturated carbocycles. The van der Waals surface area contributed by atoms with Gasteiger partial charge in [-0.2, -0.15) is 0 Å². The van der Waals surface area contributed by atoms with Gasteiger partial charge in [0.2, 0.25) is 0 Å². The van der Waals surface area contributed by atoms with Crippen molar-refractivity contribution in [2.24, 2.45) is 5.92 Å². The molecule has 2 heterocycles. The van der Waals surface area contributed by atoms with Crippen LogP contribution in [0, 0.1) is 12.8 Å². The lowest BCUT2D eigenvalue weighted by Crippen LogP contribution is -2.36. The Morgan fingerprint density at radius 3 is 2.94 bits per heavy atom. The molecule has 0 spiro atoms. The van der Waals surface area contributed by atoms with Crippen LogP contribution in [0.2, 0.25) is 0 Å². The molecule has 0 bridgehead atoms. The Kier molecular flexibility index (Phi) is 4.09. The van der Waals surface area contributed by atoms with Crippen LogP contribution in [0.25, 0.3) is 0 Å². The van der Waals surface area contributed by atoms with Crippen molar-refractivity contribution in [2.45, 2.75) is 19.8 Å². The number of hydrogen-bond acceptors (Lipinski definition) is 3. The lowest BCUT2D eigenvalue weighted by Gasteiger charge is -2.22. The molecule has 1 amide bonds. The van der Waals surface area contributed by atoms with E-state index >= 15 is 0 Å². The number of nitrogens with zero attached hydrogens (tertiary/aromatic N) is 1. The van der Waals surface area contributed by atoms with Gasteiger partial charge in [-0.15, -0.1) is 0 Å². The van der Waals surface area contributed by atoms with Gasteiger partial charge in [-0.05, 0) is 50.4 Å². The summed E-state index contributed by atoms with van der Waals surface area (Å²) >= 11 is 0. The van der Waals surface area contributed by atoms with Crippen LogP contribution in [-0.4, -0.2) is 30.5 Å². The first-order valence-electron chi connectivity index (χ1n) is 6.16. The number of aromatic nitrogens is 1. The number of nitrogens with one attached hydrogen (secondary N) is 2. The number of carbonyl (C=O) groups excluding carboxylic acids is 1. The van der Waals surface area contributed by atoms with Crippen LogP contribution in [0.4, 0.5) is 0 Å². The van der Waals surface area contributed by atoms with E-state index in [1.54, 1.807) is 12.4 Å². The molecule has 1 aliphatic rings. The SMILES string of the molecule is Cc1cncc(C(=O)NCC2CCNCC2)c1. The number of carbonyl (C=O) groups is 1. The predicted molar refractivity (Wildman–Crippen MR) is 66.9 cm³/mol. The van der Waals surface area contributed by atoms with Crippen molar-refractivity contribution < 1.29 is 4.79 Å². The standard InChI is InChI=1S/C13H19N3O/c1-10-6-12(9-15-7-10)13(17)16-8-11-2-4-14-5-3-11/h6-7,9,11,14H,2-5,8H2,1H3,(H,16,17). The van der Waals surface area contributed by atoms with Crippen LogP contribution in [-0.2, 0) is 0 Å². The normalized spacial score (nSPS) is 16.8. The molecule has 17 heavy (non-hydrogen) atoms. The van der Waals surface area contributed by atoms with E-state index < -0.39 is 0 Å². The predicted octanol–water partition coefficient (Wildman–Crippen LogP) is 1.12. The maximum absolute atomic E-state index is 11.9. The molecule has 92 valence electrons. The monoisotopic (exact) mass is 233 g/mol. The van der Waals surface area contributed by atoms with E-state index in [0.717, 1.165) is 38.0 Å². The van der Waals surface area contributed by atoms with Gasteiger partial charge in [0.15, 0.2) is 0 Å². The van der Waals surface area contributed by atoms with Crippen LogP contribution in [0.15, 0.2) is 18.5 Å². The number of amides is 1. The second-order valence-electron chi connectivity index (χ2n) is 4.65. The molecule has 0 radical (unpaired) electrons. The van der Waals surface area contributed by atoms with Crippen molar-refractivity contribution in [2.75, 3.05) is 19.6 Å². The summed E-state index contributed by atoms with van der Waals surface area (Å²) in [5.41, 5.74) is 1.67. The zero-order chi connectivity index (χ0) is 12.1. The minimum Gasteiger partial charge on any atom is -0.352 e. The van der Waals surface area contributed by atoms with Gasteiger partial charge in [-0.1, -0.05) is 0 Å². The molecule has 1 fully saturated rings. The minimum atomic E-state index is -0.0141. The lowest BCUT2D eigenvalue weighted by molar-refractivity contribution is 0.0944. The number of pyridine rings is 1. The molecule has 0 unspecified atom stereocenters.